The van der Waals surface area contributed by atoms with Gasteiger partial charge in [0.2, 0.25) is 5.91 Å². The van der Waals surface area contributed by atoms with E-state index in [0.717, 1.165) is 51.9 Å². The highest BCUT2D eigenvalue weighted by molar-refractivity contribution is 6.01. The molecular formula is C20H25N3O4. The second-order valence-corrected chi connectivity index (χ2v) is 7.55. The zero-order valence-corrected chi connectivity index (χ0v) is 15.4. The molecule has 0 unspecified atom stereocenters. The molecule has 144 valence electrons. The Balaban J connectivity index is 1.33. The molecule has 2 saturated heterocycles. The molecule has 1 N–H and O–H groups in total. The fraction of sp³-hybridized carbons (Fsp3) is 0.550. The Labute approximate surface area is 158 Å². The summed E-state index contributed by atoms with van der Waals surface area (Å²) in [5.41, 5.74) is 1.16. The van der Waals surface area contributed by atoms with Gasteiger partial charge >= 0.3 is 0 Å². The van der Waals surface area contributed by atoms with Crippen molar-refractivity contribution in [3.63, 3.8) is 0 Å². The van der Waals surface area contributed by atoms with E-state index >= 15 is 0 Å². The predicted octanol–water partition coefficient (Wildman–Crippen LogP) is 1.53. The van der Waals surface area contributed by atoms with Gasteiger partial charge in [-0.25, -0.2) is 0 Å². The highest BCUT2D eigenvalue weighted by Crippen LogP contribution is 2.30. The number of rotatable bonds is 4. The van der Waals surface area contributed by atoms with Gasteiger partial charge in [-0.2, -0.15) is 0 Å². The van der Waals surface area contributed by atoms with Crippen LogP contribution < -0.4 is 10.1 Å². The number of benzene rings is 1. The number of hydrogen-bond donors (Lipinski definition) is 1. The maximum absolute atomic E-state index is 12.9. The first kappa shape index (κ1) is 18.0. The van der Waals surface area contributed by atoms with E-state index in [4.69, 9.17) is 4.74 Å². The Kier molecular flexibility index (Phi) is 5.11. The molecule has 3 aliphatic heterocycles. The van der Waals surface area contributed by atoms with Gasteiger partial charge in [0.1, 0.15) is 5.75 Å². The molecule has 0 aliphatic carbocycles. The van der Waals surface area contributed by atoms with Crippen molar-refractivity contribution in [1.29, 1.82) is 0 Å². The highest BCUT2D eigenvalue weighted by atomic mass is 16.5. The topological polar surface area (TPSA) is 79.0 Å². The Morgan fingerprint density at radius 3 is 2.59 bits per heavy atom. The van der Waals surface area contributed by atoms with E-state index in [1.807, 2.05) is 4.90 Å². The van der Waals surface area contributed by atoms with E-state index in [1.54, 1.807) is 18.2 Å². The van der Waals surface area contributed by atoms with Crippen LogP contribution in [-0.4, -0.2) is 66.7 Å². The van der Waals surface area contributed by atoms with Crippen LogP contribution in [0.25, 0.3) is 0 Å². The number of nitrogens with zero attached hydrogens (tertiary/aromatic N) is 2. The minimum Gasteiger partial charge on any atom is -0.482 e. The van der Waals surface area contributed by atoms with Gasteiger partial charge in [-0.15, -0.1) is 0 Å². The van der Waals surface area contributed by atoms with E-state index in [2.05, 4.69) is 10.2 Å². The molecule has 0 bridgehead atoms. The van der Waals surface area contributed by atoms with Crippen molar-refractivity contribution in [2.75, 3.05) is 44.6 Å². The van der Waals surface area contributed by atoms with Crippen LogP contribution in [0.1, 0.15) is 36.0 Å². The number of hydrogen-bond acceptors (Lipinski definition) is 5. The Morgan fingerprint density at radius 1 is 1.11 bits per heavy atom. The average Bonchev–Trinajstić information content (AvgIpc) is 3.22. The van der Waals surface area contributed by atoms with Crippen molar-refractivity contribution in [3.05, 3.63) is 23.8 Å². The summed E-state index contributed by atoms with van der Waals surface area (Å²) >= 11 is 0. The van der Waals surface area contributed by atoms with Crippen molar-refractivity contribution in [3.8, 4) is 5.75 Å². The van der Waals surface area contributed by atoms with E-state index in [-0.39, 0.29) is 30.1 Å². The first-order valence-corrected chi connectivity index (χ1v) is 9.71. The molecular weight excluding hydrogens is 346 g/mol. The van der Waals surface area contributed by atoms with Gasteiger partial charge < -0.3 is 15.0 Å². The molecule has 1 aromatic rings. The fourth-order valence-electron chi connectivity index (χ4n) is 4.08. The van der Waals surface area contributed by atoms with Crippen LogP contribution in [0.5, 0.6) is 5.75 Å². The monoisotopic (exact) mass is 371 g/mol. The van der Waals surface area contributed by atoms with Crippen LogP contribution in [0, 0.1) is 5.92 Å². The van der Waals surface area contributed by atoms with Crippen LogP contribution in [0.3, 0.4) is 0 Å². The molecule has 0 aromatic heterocycles. The normalized spacial score (nSPS) is 20.7. The zero-order chi connectivity index (χ0) is 18.8. The molecule has 3 aliphatic rings. The minimum atomic E-state index is -0.205. The number of Topliss-reactive ketones (excluding diaryl/α,β-unsaturated/α-hetero) is 1. The van der Waals surface area contributed by atoms with Crippen LogP contribution in [-0.2, 0) is 9.59 Å². The summed E-state index contributed by atoms with van der Waals surface area (Å²) in [7, 11) is 0. The number of ether oxygens (including phenoxy) is 1. The lowest BCUT2D eigenvalue weighted by Gasteiger charge is -2.32. The third-order valence-corrected chi connectivity index (χ3v) is 5.67. The molecule has 0 radical (unpaired) electrons. The zero-order valence-electron chi connectivity index (χ0n) is 15.4. The molecule has 3 heterocycles. The number of anilines is 1. The smallest absolute Gasteiger partial charge is 0.262 e. The molecule has 1 aromatic carbocycles. The first-order valence-electron chi connectivity index (χ1n) is 9.71. The maximum atomic E-state index is 12.9. The van der Waals surface area contributed by atoms with Crippen molar-refractivity contribution < 1.29 is 19.1 Å². The van der Waals surface area contributed by atoms with Gasteiger partial charge in [0.15, 0.2) is 12.4 Å². The molecule has 7 nitrogen and oxygen atoms in total. The summed E-state index contributed by atoms with van der Waals surface area (Å²) in [6.45, 7) is 3.76. The van der Waals surface area contributed by atoms with E-state index in [0.29, 0.717) is 23.5 Å². The largest absolute Gasteiger partial charge is 0.482 e. The first-order chi connectivity index (χ1) is 13.1. The molecule has 0 atom stereocenters. The number of fused-ring (bicyclic) bond motifs is 1. The van der Waals surface area contributed by atoms with E-state index < -0.39 is 0 Å². The molecule has 0 spiro atoms. The van der Waals surface area contributed by atoms with Gasteiger partial charge in [0.05, 0.1) is 12.2 Å². The number of ketones is 1. The molecule has 27 heavy (non-hydrogen) atoms. The lowest BCUT2D eigenvalue weighted by molar-refractivity contribution is -0.131. The lowest BCUT2D eigenvalue weighted by Crippen LogP contribution is -2.43. The van der Waals surface area contributed by atoms with Crippen LogP contribution in [0.15, 0.2) is 18.2 Å². The highest BCUT2D eigenvalue weighted by Gasteiger charge is 2.29. The third-order valence-electron chi connectivity index (χ3n) is 5.67. The van der Waals surface area contributed by atoms with Crippen molar-refractivity contribution in [1.82, 2.24) is 9.80 Å². The van der Waals surface area contributed by atoms with Crippen molar-refractivity contribution in [2.24, 2.45) is 5.92 Å². The van der Waals surface area contributed by atoms with E-state index in [1.165, 1.54) is 0 Å². The average molecular weight is 371 g/mol. The molecule has 4 rings (SSSR count). The fourth-order valence-corrected chi connectivity index (χ4v) is 4.08. The van der Waals surface area contributed by atoms with Crippen LogP contribution in [0.4, 0.5) is 5.69 Å². The quantitative estimate of drug-likeness (QED) is 0.812. The van der Waals surface area contributed by atoms with E-state index in [9.17, 15) is 14.4 Å². The summed E-state index contributed by atoms with van der Waals surface area (Å²) in [6, 6.07) is 5.21. The number of likely N-dealkylation sites (tertiary alicyclic amines) is 2. The van der Waals surface area contributed by atoms with Crippen LogP contribution in [0.2, 0.25) is 0 Å². The molecule has 7 heteroatoms. The van der Waals surface area contributed by atoms with Gasteiger partial charge in [-0.1, -0.05) is 0 Å². The molecule has 2 amide bonds. The SMILES string of the molecule is O=C1COc2ccc(C(=O)C3CCN(CC(=O)N4CCCC4)CC3)cc2N1. The van der Waals surface area contributed by atoms with Gasteiger partial charge in [0, 0.05) is 24.6 Å². The standard InChI is InChI=1S/C20H25N3O4/c24-18-13-27-17-4-3-15(11-16(17)21-18)20(26)14-5-9-22(10-6-14)12-19(25)23-7-1-2-8-23/h3-4,11,14H,1-2,5-10,12-13H2,(H,21,24). The Bertz CT molecular complexity index is 750. The van der Waals surface area contributed by atoms with Crippen molar-refractivity contribution in [2.45, 2.75) is 25.7 Å². The van der Waals surface area contributed by atoms with Gasteiger partial charge in [0.25, 0.3) is 5.91 Å². The Hall–Kier alpha value is -2.41. The summed E-state index contributed by atoms with van der Waals surface area (Å²) in [5.74, 6) is 0.664. The van der Waals surface area contributed by atoms with Gasteiger partial charge in [-0.05, 0) is 57.0 Å². The predicted molar refractivity (Wildman–Crippen MR) is 99.9 cm³/mol. The Morgan fingerprint density at radius 2 is 1.85 bits per heavy atom. The summed E-state index contributed by atoms with van der Waals surface area (Å²) in [6.07, 6.45) is 3.72. The number of nitrogens with one attached hydrogen (secondary N) is 1. The summed E-state index contributed by atoms with van der Waals surface area (Å²) < 4.78 is 5.34. The minimum absolute atomic E-state index is 0.00883. The summed E-state index contributed by atoms with van der Waals surface area (Å²) in [5, 5.41) is 2.75. The van der Waals surface area contributed by atoms with Crippen molar-refractivity contribution >= 4 is 23.3 Å². The molecule has 0 saturated carbocycles. The lowest BCUT2D eigenvalue weighted by atomic mass is 9.88. The van der Waals surface area contributed by atoms with Gasteiger partial charge in [-0.3, -0.25) is 19.3 Å². The number of piperidine rings is 1. The third kappa shape index (κ3) is 3.98. The summed E-state index contributed by atoms with van der Waals surface area (Å²) in [4.78, 5) is 40.7. The number of amides is 2. The van der Waals surface area contributed by atoms with Crippen LogP contribution >= 0.6 is 0 Å². The molecule has 2 fully saturated rings. The second kappa shape index (κ2) is 7.68. The number of carbonyl (C=O) groups is 3. The number of carbonyl (C=O) groups excluding carboxylic acids is 3. The second-order valence-electron chi connectivity index (χ2n) is 7.55. The maximum Gasteiger partial charge on any atom is 0.262 e.